The molecule has 1 aliphatic rings. The molecular formula is C13H20N2O2. The molecule has 2 N–H and O–H groups in total. The number of carbonyl (C=O) groups excluding carboxylic acids is 1. The predicted molar refractivity (Wildman–Crippen MR) is 65.7 cm³/mol. The smallest absolute Gasteiger partial charge is 0.315 e. The van der Waals surface area contributed by atoms with Crippen molar-refractivity contribution in [1.82, 2.24) is 10.6 Å². The van der Waals surface area contributed by atoms with Crippen molar-refractivity contribution in [2.45, 2.75) is 51.6 Å². The first kappa shape index (κ1) is 12.0. The van der Waals surface area contributed by atoms with Crippen molar-refractivity contribution in [2.75, 3.05) is 0 Å². The SMILES string of the molecule is Cc1ccc(CNC(=O)NC2CCCCC2)o1. The molecule has 0 saturated heterocycles. The van der Waals surface area contributed by atoms with E-state index >= 15 is 0 Å². The van der Waals surface area contributed by atoms with Crippen molar-refractivity contribution in [3.05, 3.63) is 23.7 Å². The van der Waals surface area contributed by atoms with Gasteiger partial charge in [0.15, 0.2) is 0 Å². The lowest BCUT2D eigenvalue weighted by Gasteiger charge is -2.22. The molecule has 1 aliphatic carbocycles. The third-order valence-electron chi connectivity index (χ3n) is 3.16. The van der Waals surface area contributed by atoms with Crippen LogP contribution in [0, 0.1) is 6.92 Å². The topological polar surface area (TPSA) is 54.3 Å². The van der Waals surface area contributed by atoms with Gasteiger partial charge in [-0.1, -0.05) is 19.3 Å². The van der Waals surface area contributed by atoms with E-state index in [1.807, 2.05) is 19.1 Å². The molecule has 4 heteroatoms. The highest BCUT2D eigenvalue weighted by Gasteiger charge is 2.15. The van der Waals surface area contributed by atoms with Gasteiger partial charge in [-0.15, -0.1) is 0 Å². The zero-order valence-electron chi connectivity index (χ0n) is 10.3. The Hall–Kier alpha value is -1.45. The minimum atomic E-state index is -0.0917. The molecule has 94 valence electrons. The maximum Gasteiger partial charge on any atom is 0.315 e. The highest BCUT2D eigenvalue weighted by Crippen LogP contribution is 2.17. The van der Waals surface area contributed by atoms with Crippen LogP contribution in [0.2, 0.25) is 0 Å². The van der Waals surface area contributed by atoms with Crippen LogP contribution < -0.4 is 10.6 Å². The largest absolute Gasteiger partial charge is 0.465 e. The molecule has 17 heavy (non-hydrogen) atoms. The number of amides is 2. The molecule has 1 aromatic heterocycles. The molecule has 0 unspecified atom stereocenters. The summed E-state index contributed by atoms with van der Waals surface area (Å²) < 4.78 is 5.38. The Kier molecular flexibility index (Phi) is 4.07. The molecule has 0 aromatic carbocycles. The molecule has 0 atom stereocenters. The summed E-state index contributed by atoms with van der Waals surface area (Å²) in [5.41, 5.74) is 0. The number of urea groups is 1. The van der Waals surface area contributed by atoms with Crippen molar-refractivity contribution >= 4 is 6.03 Å². The average molecular weight is 236 g/mol. The fourth-order valence-corrected chi connectivity index (χ4v) is 2.23. The van der Waals surface area contributed by atoms with E-state index in [0.29, 0.717) is 12.6 Å². The average Bonchev–Trinajstić information content (AvgIpc) is 2.74. The summed E-state index contributed by atoms with van der Waals surface area (Å²) in [4.78, 5) is 11.6. The Morgan fingerprint density at radius 3 is 2.76 bits per heavy atom. The van der Waals surface area contributed by atoms with Crippen molar-refractivity contribution in [1.29, 1.82) is 0 Å². The second-order valence-corrected chi connectivity index (χ2v) is 4.67. The van der Waals surface area contributed by atoms with E-state index in [2.05, 4.69) is 10.6 Å². The minimum Gasteiger partial charge on any atom is -0.465 e. The summed E-state index contributed by atoms with van der Waals surface area (Å²) in [5.74, 6) is 1.66. The highest BCUT2D eigenvalue weighted by atomic mass is 16.3. The van der Waals surface area contributed by atoms with Crippen molar-refractivity contribution in [3.63, 3.8) is 0 Å². The van der Waals surface area contributed by atoms with Crippen LogP contribution in [0.15, 0.2) is 16.5 Å². The van der Waals surface area contributed by atoms with Crippen LogP contribution in [0.5, 0.6) is 0 Å². The fourth-order valence-electron chi connectivity index (χ4n) is 2.23. The van der Waals surface area contributed by atoms with E-state index in [4.69, 9.17) is 4.42 Å². The normalized spacial score (nSPS) is 16.8. The maximum atomic E-state index is 11.6. The lowest BCUT2D eigenvalue weighted by molar-refractivity contribution is 0.231. The van der Waals surface area contributed by atoms with Crippen molar-refractivity contribution in [3.8, 4) is 0 Å². The van der Waals surface area contributed by atoms with Gasteiger partial charge in [-0.05, 0) is 31.9 Å². The summed E-state index contributed by atoms with van der Waals surface area (Å²) >= 11 is 0. The molecule has 1 aromatic rings. The Balaban J connectivity index is 1.70. The van der Waals surface area contributed by atoms with Gasteiger partial charge in [-0.25, -0.2) is 4.79 Å². The lowest BCUT2D eigenvalue weighted by atomic mass is 9.96. The quantitative estimate of drug-likeness (QED) is 0.847. The molecule has 1 fully saturated rings. The van der Waals surface area contributed by atoms with Gasteiger partial charge in [0.05, 0.1) is 6.54 Å². The fraction of sp³-hybridized carbons (Fsp3) is 0.615. The third kappa shape index (κ3) is 3.80. The van der Waals surface area contributed by atoms with Crippen molar-refractivity contribution in [2.24, 2.45) is 0 Å². The molecular weight excluding hydrogens is 216 g/mol. The molecule has 0 aliphatic heterocycles. The molecule has 0 spiro atoms. The number of hydrogen-bond acceptors (Lipinski definition) is 2. The number of carbonyl (C=O) groups is 1. The van der Waals surface area contributed by atoms with Gasteiger partial charge in [-0.3, -0.25) is 0 Å². The van der Waals surface area contributed by atoms with E-state index in [1.165, 1.54) is 19.3 Å². The third-order valence-corrected chi connectivity index (χ3v) is 3.16. The predicted octanol–water partition coefficient (Wildman–Crippen LogP) is 2.72. The second-order valence-electron chi connectivity index (χ2n) is 4.67. The van der Waals surface area contributed by atoms with Crippen LogP contribution in [0.4, 0.5) is 4.79 Å². The molecule has 0 bridgehead atoms. The van der Waals surface area contributed by atoms with Gasteiger partial charge >= 0.3 is 6.03 Å². The summed E-state index contributed by atoms with van der Waals surface area (Å²) in [5, 5.41) is 5.82. The van der Waals surface area contributed by atoms with E-state index < -0.39 is 0 Å². The molecule has 4 nitrogen and oxygen atoms in total. The zero-order chi connectivity index (χ0) is 12.1. The van der Waals surface area contributed by atoms with Gasteiger partial charge in [0, 0.05) is 6.04 Å². The molecule has 1 saturated carbocycles. The summed E-state index contributed by atoms with van der Waals surface area (Å²) in [7, 11) is 0. The van der Waals surface area contributed by atoms with Crippen LogP contribution in [0.25, 0.3) is 0 Å². The summed E-state index contributed by atoms with van der Waals surface area (Å²) in [6.45, 7) is 2.35. The van der Waals surface area contributed by atoms with E-state index in [-0.39, 0.29) is 6.03 Å². The van der Waals surface area contributed by atoms with E-state index in [0.717, 1.165) is 24.4 Å². The number of hydrogen-bond donors (Lipinski definition) is 2. The van der Waals surface area contributed by atoms with Gasteiger partial charge in [0.25, 0.3) is 0 Å². The number of aryl methyl sites for hydroxylation is 1. The van der Waals surface area contributed by atoms with Crippen molar-refractivity contribution < 1.29 is 9.21 Å². The minimum absolute atomic E-state index is 0.0917. The summed E-state index contributed by atoms with van der Waals surface area (Å²) in [6, 6.07) is 4.04. The van der Waals surface area contributed by atoms with Crippen LogP contribution in [0.1, 0.15) is 43.6 Å². The molecule has 0 radical (unpaired) electrons. The Bertz CT molecular complexity index is 367. The Morgan fingerprint density at radius 2 is 2.12 bits per heavy atom. The van der Waals surface area contributed by atoms with Crippen LogP contribution in [0.3, 0.4) is 0 Å². The van der Waals surface area contributed by atoms with Crippen LogP contribution >= 0.6 is 0 Å². The van der Waals surface area contributed by atoms with Crippen LogP contribution in [-0.4, -0.2) is 12.1 Å². The second kappa shape index (κ2) is 5.75. The monoisotopic (exact) mass is 236 g/mol. The highest BCUT2D eigenvalue weighted by molar-refractivity contribution is 5.74. The maximum absolute atomic E-state index is 11.6. The first-order valence-corrected chi connectivity index (χ1v) is 6.34. The lowest BCUT2D eigenvalue weighted by Crippen LogP contribution is -2.42. The first-order chi connectivity index (χ1) is 8.24. The number of rotatable bonds is 3. The van der Waals surface area contributed by atoms with Gasteiger partial charge in [-0.2, -0.15) is 0 Å². The van der Waals surface area contributed by atoms with Gasteiger partial charge in [0.2, 0.25) is 0 Å². The zero-order valence-corrected chi connectivity index (χ0v) is 10.3. The van der Waals surface area contributed by atoms with Gasteiger partial charge in [0.1, 0.15) is 11.5 Å². The van der Waals surface area contributed by atoms with E-state index in [9.17, 15) is 4.79 Å². The Labute approximate surface area is 102 Å². The molecule has 2 amide bonds. The number of furan rings is 1. The number of nitrogens with one attached hydrogen (secondary N) is 2. The molecule has 2 rings (SSSR count). The van der Waals surface area contributed by atoms with Crippen LogP contribution in [-0.2, 0) is 6.54 Å². The standard InChI is InChI=1S/C13H20N2O2/c1-10-7-8-12(17-10)9-14-13(16)15-11-5-3-2-4-6-11/h7-8,11H,2-6,9H2,1H3,(H2,14,15,16). The van der Waals surface area contributed by atoms with E-state index in [1.54, 1.807) is 0 Å². The first-order valence-electron chi connectivity index (χ1n) is 6.34. The summed E-state index contributed by atoms with van der Waals surface area (Å²) in [6.07, 6.45) is 5.96. The van der Waals surface area contributed by atoms with Gasteiger partial charge < -0.3 is 15.1 Å². The Morgan fingerprint density at radius 1 is 1.35 bits per heavy atom. The molecule has 1 heterocycles.